The number of carbonyl (C=O) groups is 3. The average Bonchev–Trinajstić information content (AvgIpc) is 2.78. The quantitative estimate of drug-likeness (QED) is 0.665. The molecule has 10 heteroatoms. The molecule has 10 nitrogen and oxygen atoms in total. The van der Waals surface area contributed by atoms with Crippen LogP contribution in [0.4, 0.5) is 4.79 Å². The van der Waals surface area contributed by atoms with Gasteiger partial charge in [-0.1, -0.05) is 18.2 Å². The standard InChI is InChI=1S/C20H24N4O6/c1-3-24-18(26)15-8-6-5-7-14(15)17(21-24)19(27)30-13-16(25)22-9-11-23(12-10-22)20(28)29-4-2/h5-8H,3-4,9-13H2,1-2H3. The van der Waals surface area contributed by atoms with Gasteiger partial charge >= 0.3 is 12.1 Å². The summed E-state index contributed by atoms with van der Waals surface area (Å²) in [6, 6.07) is 6.65. The Balaban J connectivity index is 1.64. The molecule has 160 valence electrons. The number of fused-ring (bicyclic) bond motifs is 1. The van der Waals surface area contributed by atoms with E-state index in [0.717, 1.165) is 0 Å². The van der Waals surface area contributed by atoms with Crippen molar-refractivity contribution in [1.82, 2.24) is 19.6 Å². The van der Waals surface area contributed by atoms with Gasteiger partial charge in [0, 0.05) is 38.1 Å². The zero-order chi connectivity index (χ0) is 21.7. The van der Waals surface area contributed by atoms with Gasteiger partial charge in [0.1, 0.15) is 0 Å². The highest BCUT2D eigenvalue weighted by Crippen LogP contribution is 2.14. The molecule has 3 rings (SSSR count). The SMILES string of the molecule is CCOC(=O)N1CCN(C(=O)COC(=O)c2nn(CC)c(=O)c3ccccc23)CC1. The minimum absolute atomic E-state index is 0.00743. The molecule has 1 aliphatic rings. The Morgan fingerprint density at radius 1 is 0.967 bits per heavy atom. The summed E-state index contributed by atoms with van der Waals surface area (Å²) in [5.41, 5.74) is -0.299. The van der Waals surface area contributed by atoms with Crippen LogP contribution >= 0.6 is 0 Å². The first-order valence-corrected chi connectivity index (χ1v) is 9.82. The Hall–Kier alpha value is -3.43. The van der Waals surface area contributed by atoms with Crippen LogP contribution in [0.5, 0.6) is 0 Å². The number of rotatable bonds is 5. The van der Waals surface area contributed by atoms with E-state index in [1.807, 2.05) is 0 Å². The molecule has 1 aliphatic heterocycles. The van der Waals surface area contributed by atoms with E-state index in [1.54, 1.807) is 38.1 Å². The first-order valence-electron chi connectivity index (χ1n) is 9.82. The minimum atomic E-state index is -0.771. The lowest BCUT2D eigenvalue weighted by Crippen LogP contribution is -2.51. The molecule has 2 heterocycles. The summed E-state index contributed by atoms with van der Waals surface area (Å²) in [4.78, 5) is 52.2. The number of benzene rings is 1. The van der Waals surface area contributed by atoms with Gasteiger partial charge in [0.25, 0.3) is 11.5 Å². The third-order valence-corrected chi connectivity index (χ3v) is 4.85. The van der Waals surface area contributed by atoms with Gasteiger partial charge in [-0.2, -0.15) is 5.10 Å². The lowest BCUT2D eigenvalue weighted by Gasteiger charge is -2.33. The molecule has 1 fully saturated rings. The Kier molecular flexibility index (Phi) is 6.65. The van der Waals surface area contributed by atoms with Crippen LogP contribution in [0.2, 0.25) is 0 Å². The van der Waals surface area contributed by atoms with Crippen LogP contribution in [-0.2, 0) is 20.8 Å². The number of aryl methyl sites for hydroxylation is 1. The zero-order valence-corrected chi connectivity index (χ0v) is 17.0. The number of esters is 1. The Labute approximate surface area is 172 Å². The largest absolute Gasteiger partial charge is 0.451 e. The molecule has 0 spiro atoms. The predicted molar refractivity (Wildman–Crippen MR) is 107 cm³/mol. The molecule has 0 radical (unpaired) electrons. The second kappa shape index (κ2) is 9.38. The molecular weight excluding hydrogens is 392 g/mol. The number of aromatic nitrogens is 2. The van der Waals surface area contributed by atoms with Crippen molar-refractivity contribution in [2.24, 2.45) is 0 Å². The molecule has 1 aromatic carbocycles. The molecule has 0 bridgehead atoms. The van der Waals surface area contributed by atoms with E-state index in [2.05, 4.69) is 5.10 Å². The first kappa shape index (κ1) is 21.3. The Morgan fingerprint density at radius 2 is 1.60 bits per heavy atom. The fourth-order valence-corrected chi connectivity index (χ4v) is 3.24. The number of ether oxygens (including phenoxy) is 2. The first-order chi connectivity index (χ1) is 14.5. The molecule has 1 aromatic heterocycles. The second-order valence-corrected chi connectivity index (χ2v) is 6.66. The van der Waals surface area contributed by atoms with Gasteiger partial charge < -0.3 is 19.3 Å². The molecule has 0 saturated carbocycles. The second-order valence-electron chi connectivity index (χ2n) is 6.66. The maximum atomic E-state index is 12.6. The summed E-state index contributed by atoms with van der Waals surface area (Å²) in [6.07, 6.45) is -0.403. The number of hydrogen-bond donors (Lipinski definition) is 0. The number of amides is 2. The van der Waals surface area contributed by atoms with Gasteiger partial charge in [-0.25, -0.2) is 14.3 Å². The summed E-state index contributed by atoms with van der Waals surface area (Å²) in [5, 5.41) is 4.85. The molecule has 0 N–H and O–H groups in total. The van der Waals surface area contributed by atoms with E-state index in [1.165, 1.54) is 14.5 Å². The van der Waals surface area contributed by atoms with Crippen LogP contribution in [-0.4, -0.2) is 76.9 Å². The smallest absolute Gasteiger partial charge is 0.409 e. The maximum Gasteiger partial charge on any atom is 0.409 e. The van der Waals surface area contributed by atoms with Crippen molar-refractivity contribution in [3.8, 4) is 0 Å². The lowest BCUT2D eigenvalue weighted by atomic mass is 10.1. The predicted octanol–water partition coefficient (Wildman–Crippen LogP) is 0.874. The van der Waals surface area contributed by atoms with Crippen molar-refractivity contribution in [3.05, 3.63) is 40.3 Å². The minimum Gasteiger partial charge on any atom is -0.451 e. The van der Waals surface area contributed by atoms with E-state index < -0.39 is 18.7 Å². The van der Waals surface area contributed by atoms with Crippen molar-refractivity contribution >= 4 is 28.7 Å². The van der Waals surface area contributed by atoms with Crippen LogP contribution in [0.1, 0.15) is 24.3 Å². The average molecular weight is 416 g/mol. The number of carbonyl (C=O) groups excluding carboxylic acids is 3. The van der Waals surface area contributed by atoms with E-state index in [4.69, 9.17) is 9.47 Å². The third kappa shape index (κ3) is 4.42. The monoisotopic (exact) mass is 416 g/mol. The van der Waals surface area contributed by atoms with Crippen molar-refractivity contribution in [2.75, 3.05) is 39.4 Å². The van der Waals surface area contributed by atoms with Gasteiger partial charge in [0.05, 0.1) is 12.0 Å². The van der Waals surface area contributed by atoms with Crippen LogP contribution in [0.25, 0.3) is 10.8 Å². The van der Waals surface area contributed by atoms with Gasteiger partial charge in [-0.05, 0) is 19.9 Å². The van der Waals surface area contributed by atoms with Gasteiger partial charge in [0.2, 0.25) is 0 Å². The highest BCUT2D eigenvalue weighted by atomic mass is 16.6. The summed E-state index contributed by atoms with van der Waals surface area (Å²) in [6.45, 7) is 5.00. The van der Waals surface area contributed by atoms with E-state index in [-0.39, 0.29) is 17.2 Å². The maximum absolute atomic E-state index is 12.6. The molecule has 2 amide bonds. The van der Waals surface area contributed by atoms with Crippen LogP contribution in [0, 0.1) is 0 Å². The fourth-order valence-electron chi connectivity index (χ4n) is 3.24. The Morgan fingerprint density at radius 3 is 2.23 bits per heavy atom. The van der Waals surface area contributed by atoms with Crippen LogP contribution < -0.4 is 5.56 Å². The van der Waals surface area contributed by atoms with Crippen LogP contribution in [0.15, 0.2) is 29.1 Å². The Bertz CT molecular complexity index is 1010. The molecule has 0 atom stereocenters. The van der Waals surface area contributed by atoms with Gasteiger partial charge in [-0.15, -0.1) is 0 Å². The normalized spacial score (nSPS) is 13.9. The summed E-state index contributed by atoms with van der Waals surface area (Å²) in [7, 11) is 0. The molecule has 2 aromatic rings. The lowest BCUT2D eigenvalue weighted by molar-refractivity contribution is -0.136. The summed E-state index contributed by atoms with van der Waals surface area (Å²) in [5.74, 6) is -1.13. The van der Waals surface area contributed by atoms with Gasteiger partial charge in [-0.3, -0.25) is 9.59 Å². The number of hydrogen-bond acceptors (Lipinski definition) is 7. The molecule has 30 heavy (non-hydrogen) atoms. The van der Waals surface area contributed by atoms with E-state index in [9.17, 15) is 19.2 Å². The zero-order valence-electron chi connectivity index (χ0n) is 17.0. The molecule has 1 saturated heterocycles. The van der Waals surface area contributed by atoms with Crippen molar-refractivity contribution in [1.29, 1.82) is 0 Å². The van der Waals surface area contributed by atoms with E-state index in [0.29, 0.717) is 50.1 Å². The number of piperazine rings is 1. The van der Waals surface area contributed by atoms with E-state index >= 15 is 0 Å². The van der Waals surface area contributed by atoms with Crippen molar-refractivity contribution in [2.45, 2.75) is 20.4 Å². The third-order valence-electron chi connectivity index (χ3n) is 4.85. The van der Waals surface area contributed by atoms with Gasteiger partial charge in [0.15, 0.2) is 12.3 Å². The molecule has 0 aliphatic carbocycles. The van der Waals surface area contributed by atoms with Crippen molar-refractivity contribution < 1.29 is 23.9 Å². The number of nitrogens with zero attached hydrogens (tertiary/aromatic N) is 4. The van der Waals surface area contributed by atoms with Crippen molar-refractivity contribution in [3.63, 3.8) is 0 Å². The molecular formula is C20H24N4O6. The summed E-state index contributed by atoms with van der Waals surface area (Å²) < 4.78 is 11.3. The highest BCUT2D eigenvalue weighted by molar-refractivity contribution is 6.02. The summed E-state index contributed by atoms with van der Waals surface area (Å²) >= 11 is 0. The molecule has 0 unspecified atom stereocenters. The highest BCUT2D eigenvalue weighted by Gasteiger charge is 2.26. The topological polar surface area (TPSA) is 111 Å². The fraction of sp³-hybridized carbons (Fsp3) is 0.450. The van der Waals surface area contributed by atoms with Crippen LogP contribution in [0.3, 0.4) is 0 Å².